The Hall–Kier alpha value is -2.47. The fraction of sp³-hybridized carbons (Fsp3) is 0.0714. The number of H-pyrrole nitrogens is 1. The first-order chi connectivity index (χ1) is 9.63. The van der Waals surface area contributed by atoms with E-state index in [4.69, 9.17) is 0 Å². The maximum atomic E-state index is 12.0. The number of benzene rings is 1. The van der Waals surface area contributed by atoms with Crippen LogP contribution in [0.25, 0.3) is 10.2 Å². The zero-order valence-corrected chi connectivity index (χ0v) is 11.5. The number of ketones is 1. The molecule has 1 aromatic carbocycles. The van der Waals surface area contributed by atoms with Crippen LogP contribution >= 0.6 is 11.3 Å². The van der Waals surface area contributed by atoms with Crippen molar-refractivity contribution in [3.8, 4) is 0 Å². The molecule has 5 nitrogen and oxygen atoms in total. The van der Waals surface area contributed by atoms with Crippen molar-refractivity contribution in [1.29, 1.82) is 0 Å². The van der Waals surface area contributed by atoms with Crippen molar-refractivity contribution in [2.45, 2.75) is 6.92 Å². The largest absolute Gasteiger partial charge is 0.356 e. The molecule has 0 unspecified atom stereocenters. The maximum Gasteiger partial charge on any atom is 0.273 e. The third-order valence-electron chi connectivity index (χ3n) is 2.85. The molecule has 0 saturated heterocycles. The second-order valence-electron chi connectivity index (χ2n) is 4.30. The normalized spacial score (nSPS) is 10.7. The highest BCUT2D eigenvalue weighted by molar-refractivity contribution is 7.22. The molecular weight excluding hydrogens is 274 g/mol. The lowest BCUT2D eigenvalue weighted by Crippen LogP contribution is -2.11. The summed E-state index contributed by atoms with van der Waals surface area (Å²) in [5.74, 6) is -0.392. The van der Waals surface area contributed by atoms with Crippen molar-refractivity contribution in [2.24, 2.45) is 0 Å². The van der Waals surface area contributed by atoms with Gasteiger partial charge in [0.2, 0.25) is 0 Å². The third kappa shape index (κ3) is 2.33. The first-order valence-electron chi connectivity index (χ1n) is 6.00. The average molecular weight is 285 g/mol. The molecule has 100 valence electrons. The lowest BCUT2D eigenvalue weighted by atomic mass is 10.2. The van der Waals surface area contributed by atoms with Gasteiger partial charge in [-0.2, -0.15) is 0 Å². The second kappa shape index (κ2) is 4.90. The first-order valence-corrected chi connectivity index (χ1v) is 6.81. The number of rotatable bonds is 3. The highest BCUT2D eigenvalue weighted by atomic mass is 32.1. The van der Waals surface area contributed by atoms with E-state index >= 15 is 0 Å². The van der Waals surface area contributed by atoms with E-state index in [1.807, 2.05) is 24.3 Å². The number of aromatic amines is 1. The molecule has 3 rings (SSSR count). The van der Waals surface area contributed by atoms with Gasteiger partial charge in [0.1, 0.15) is 5.69 Å². The van der Waals surface area contributed by atoms with Crippen molar-refractivity contribution in [3.63, 3.8) is 0 Å². The predicted octanol–water partition coefficient (Wildman–Crippen LogP) is 3.08. The van der Waals surface area contributed by atoms with Crippen LogP contribution in [0.2, 0.25) is 0 Å². The molecule has 0 spiro atoms. The number of anilines is 1. The summed E-state index contributed by atoms with van der Waals surface area (Å²) in [4.78, 5) is 30.3. The molecule has 0 saturated carbocycles. The Kier molecular flexibility index (Phi) is 3.08. The summed E-state index contributed by atoms with van der Waals surface area (Å²) in [5, 5.41) is 3.26. The smallest absolute Gasteiger partial charge is 0.273 e. The monoisotopic (exact) mass is 285 g/mol. The van der Waals surface area contributed by atoms with E-state index in [1.165, 1.54) is 30.5 Å². The molecule has 0 bridgehead atoms. The summed E-state index contributed by atoms with van der Waals surface area (Å²) in [6.45, 7) is 1.46. The minimum Gasteiger partial charge on any atom is -0.356 e. The summed E-state index contributed by atoms with van der Waals surface area (Å²) < 4.78 is 1.01. The lowest BCUT2D eigenvalue weighted by Gasteiger charge is -1.97. The fourth-order valence-electron chi connectivity index (χ4n) is 1.82. The number of amides is 1. The van der Waals surface area contributed by atoms with E-state index < -0.39 is 0 Å². The zero-order chi connectivity index (χ0) is 14.1. The van der Waals surface area contributed by atoms with Crippen LogP contribution in [0, 0.1) is 0 Å². The molecular formula is C14H11N3O2S. The van der Waals surface area contributed by atoms with E-state index in [1.54, 1.807) is 0 Å². The van der Waals surface area contributed by atoms with E-state index in [2.05, 4.69) is 15.3 Å². The second-order valence-corrected chi connectivity index (χ2v) is 5.33. The molecule has 0 fully saturated rings. The van der Waals surface area contributed by atoms with Crippen molar-refractivity contribution < 1.29 is 9.59 Å². The van der Waals surface area contributed by atoms with Gasteiger partial charge in [-0.3, -0.25) is 14.9 Å². The van der Waals surface area contributed by atoms with Crippen molar-refractivity contribution in [2.75, 3.05) is 5.32 Å². The van der Waals surface area contributed by atoms with Crippen molar-refractivity contribution in [3.05, 3.63) is 47.8 Å². The Morgan fingerprint density at radius 3 is 2.80 bits per heavy atom. The van der Waals surface area contributed by atoms with Crippen molar-refractivity contribution in [1.82, 2.24) is 9.97 Å². The number of aromatic nitrogens is 2. The molecule has 3 aromatic rings. The highest BCUT2D eigenvalue weighted by Gasteiger charge is 2.12. The van der Waals surface area contributed by atoms with Gasteiger partial charge in [0.25, 0.3) is 5.91 Å². The van der Waals surface area contributed by atoms with Crippen LogP contribution in [0.5, 0.6) is 0 Å². The molecule has 0 atom stereocenters. The highest BCUT2D eigenvalue weighted by Crippen LogP contribution is 2.25. The van der Waals surface area contributed by atoms with E-state index in [-0.39, 0.29) is 11.7 Å². The summed E-state index contributed by atoms with van der Waals surface area (Å²) in [7, 11) is 0. The van der Waals surface area contributed by atoms with Gasteiger partial charge >= 0.3 is 0 Å². The van der Waals surface area contributed by atoms with Gasteiger partial charge in [-0.1, -0.05) is 23.5 Å². The topological polar surface area (TPSA) is 74.8 Å². The van der Waals surface area contributed by atoms with Crippen molar-refractivity contribution >= 4 is 38.4 Å². The summed E-state index contributed by atoms with van der Waals surface area (Å²) in [5.41, 5.74) is 1.68. The minimum absolute atomic E-state index is 0.0831. The molecule has 0 aliphatic rings. The van der Waals surface area contributed by atoms with Crippen LogP contribution in [0.1, 0.15) is 27.8 Å². The maximum absolute atomic E-state index is 12.0. The Balaban J connectivity index is 1.82. The third-order valence-corrected chi connectivity index (χ3v) is 3.80. The lowest BCUT2D eigenvalue weighted by molar-refractivity contribution is 0.101. The summed E-state index contributed by atoms with van der Waals surface area (Å²) in [6, 6.07) is 9.20. The number of carbonyl (C=O) groups excluding carboxylic acids is 2. The number of nitrogens with one attached hydrogen (secondary N) is 2. The molecule has 1 amide bonds. The van der Waals surface area contributed by atoms with Gasteiger partial charge in [-0.25, -0.2) is 4.98 Å². The first kappa shape index (κ1) is 12.6. The molecule has 2 aromatic heterocycles. The summed E-state index contributed by atoms with van der Waals surface area (Å²) >= 11 is 1.41. The average Bonchev–Trinajstić information content (AvgIpc) is 3.04. The molecule has 6 heteroatoms. The number of nitrogens with zero attached hydrogens (tertiary/aromatic N) is 1. The Morgan fingerprint density at radius 2 is 2.10 bits per heavy atom. The van der Waals surface area contributed by atoms with E-state index in [9.17, 15) is 9.59 Å². The predicted molar refractivity (Wildman–Crippen MR) is 78.4 cm³/mol. The quantitative estimate of drug-likeness (QED) is 0.726. The SMILES string of the molecule is CC(=O)c1c[nH]c(C(=O)Nc2nc3ccccc3s2)c1. The fourth-order valence-corrected chi connectivity index (χ4v) is 2.68. The molecule has 0 aliphatic carbocycles. The van der Waals surface area contributed by atoms with Gasteiger partial charge in [0, 0.05) is 11.8 Å². The van der Waals surface area contributed by atoms with Gasteiger partial charge in [-0.05, 0) is 25.1 Å². The van der Waals surface area contributed by atoms with E-state index in [0.29, 0.717) is 16.4 Å². The molecule has 0 radical (unpaired) electrons. The van der Waals surface area contributed by atoms with Gasteiger partial charge in [0.15, 0.2) is 10.9 Å². The Morgan fingerprint density at radius 1 is 1.30 bits per heavy atom. The van der Waals surface area contributed by atoms with Crippen LogP contribution < -0.4 is 5.32 Å². The van der Waals surface area contributed by atoms with E-state index in [0.717, 1.165) is 10.2 Å². The minimum atomic E-state index is -0.309. The number of hydrogen-bond donors (Lipinski definition) is 2. The molecule has 0 aliphatic heterocycles. The van der Waals surface area contributed by atoms with Crippen LogP contribution in [0.15, 0.2) is 36.5 Å². The zero-order valence-electron chi connectivity index (χ0n) is 10.6. The number of Topliss-reactive ketones (excluding diaryl/α,β-unsaturated/α-hetero) is 1. The molecule has 2 N–H and O–H groups in total. The van der Waals surface area contributed by atoms with Gasteiger partial charge < -0.3 is 4.98 Å². The number of para-hydroxylation sites is 1. The molecule has 20 heavy (non-hydrogen) atoms. The van der Waals surface area contributed by atoms with Crippen LogP contribution in [-0.4, -0.2) is 21.7 Å². The number of fused-ring (bicyclic) bond motifs is 1. The standard InChI is InChI=1S/C14H11N3O2S/c1-8(18)9-6-11(15-7-9)13(19)17-14-16-10-4-2-3-5-12(10)20-14/h2-7,15H,1H3,(H,16,17,19). The van der Waals surface area contributed by atoms with Crippen LogP contribution in [0.4, 0.5) is 5.13 Å². The van der Waals surface area contributed by atoms with Crippen LogP contribution in [0.3, 0.4) is 0 Å². The number of hydrogen-bond acceptors (Lipinski definition) is 4. The van der Waals surface area contributed by atoms with Gasteiger partial charge in [-0.15, -0.1) is 0 Å². The number of thiazole rings is 1. The number of carbonyl (C=O) groups is 2. The Labute approximate surface area is 118 Å². The summed E-state index contributed by atoms with van der Waals surface area (Å²) in [6.07, 6.45) is 1.52. The molecule has 2 heterocycles. The van der Waals surface area contributed by atoms with Crippen LogP contribution in [-0.2, 0) is 0 Å². The Bertz CT molecular complexity index is 770. The van der Waals surface area contributed by atoms with Gasteiger partial charge in [0.05, 0.1) is 10.2 Å².